The van der Waals surface area contributed by atoms with Gasteiger partial charge in [0.1, 0.15) is 12.2 Å². The summed E-state index contributed by atoms with van der Waals surface area (Å²) < 4.78 is 2.04. The highest BCUT2D eigenvalue weighted by atomic mass is 35.5. The highest BCUT2D eigenvalue weighted by molar-refractivity contribution is 6.30. The van der Waals surface area contributed by atoms with Gasteiger partial charge >= 0.3 is 5.97 Å². The number of carbonyl (C=O) groups is 3. The number of Topliss-reactive ketones (excluding diaryl/α,β-unsaturated/α-hetero) is 1. The molecule has 1 amide bonds. The first-order chi connectivity index (χ1) is 19.7. The van der Waals surface area contributed by atoms with Gasteiger partial charge in [0, 0.05) is 34.9 Å². The number of amides is 1. The molecule has 4 aromatic rings. The number of ketones is 1. The van der Waals surface area contributed by atoms with Gasteiger partial charge in [-0.2, -0.15) is 0 Å². The fourth-order valence-electron chi connectivity index (χ4n) is 5.09. The zero-order valence-electron chi connectivity index (χ0n) is 23.0. The second-order valence-corrected chi connectivity index (χ2v) is 10.7. The number of rotatable bonds is 12. The molecule has 0 spiro atoms. The number of hydrogen-bond donors (Lipinski definition) is 3. The van der Waals surface area contributed by atoms with Crippen LogP contribution in [0.1, 0.15) is 55.1 Å². The zero-order chi connectivity index (χ0) is 29.5. The SMILES string of the molecule is CC(C)c1c(C(=O)Nc2ccccc2)c(-c2ccccc2)c(-c2ccc(Cl)cc2)n1CCC(O)CC(=O)CC(=O)O. The quantitative estimate of drug-likeness (QED) is 0.158. The minimum absolute atomic E-state index is 0.0826. The predicted octanol–water partition coefficient (Wildman–Crippen LogP) is 7.04. The van der Waals surface area contributed by atoms with Crippen LogP contribution >= 0.6 is 11.6 Å². The monoisotopic (exact) mass is 572 g/mol. The molecule has 4 rings (SSSR count). The van der Waals surface area contributed by atoms with E-state index in [0.717, 1.165) is 28.1 Å². The summed E-state index contributed by atoms with van der Waals surface area (Å²) >= 11 is 6.23. The number of aliphatic hydroxyl groups is 1. The number of aliphatic hydroxyl groups excluding tert-OH is 1. The first kappa shape index (κ1) is 29.8. The largest absolute Gasteiger partial charge is 0.481 e. The molecule has 212 valence electrons. The Morgan fingerprint density at radius 3 is 2.07 bits per heavy atom. The minimum atomic E-state index is -1.22. The molecular formula is C33H33ClN2O5. The van der Waals surface area contributed by atoms with E-state index in [1.165, 1.54) is 0 Å². The Bertz CT molecular complexity index is 1510. The van der Waals surface area contributed by atoms with E-state index in [4.69, 9.17) is 16.7 Å². The third kappa shape index (κ3) is 7.31. The third-order valence-electron chi connectivity index (χ3n) is 6.79. The van der Waals surface area contributed by atoms with Crippen molar-refractivity contribution in [1.82, 2.24) is 4.57 Å². The molecular weight excluding hydrogens is 540 g/mol. The summed E-state index contributed by atoms with van der Waals surface area (Å²) in [6, 6.07) is 26.3. The molecule has 0 bridgehead atoms. The summed E-state index contributed by atoms with van der Waals surface area (Å²) in [6.07, 6.45) is -1.73. The molecule has 0 saturated carbocycles. The lowest BCUT2D eigenvalue weighted by atomic mass is 9.94. The van der Waals surface area contributed by atoms with Crippen LogP contribution in [0, 0.1) is 0 Å². The van der Waals surface area contributed by atoms with E-state index in [0.29, 0.717) is 22.8 Å². The van der Waals surface area contributed by atoms with Gasteiger partial charge < -0.3 is 20.1 Å². The molecule has 1 unspecified atom stereocenters. The van der Waals surface area contributed by atoms with E-state index in [9.17, 15) is 19.5 Å². The van der Waals surface area contributed by atoms with Crippen LogP contribution in [0.15, 0.2) is 84.9 Å². The van der Waals surface area contributed by atoms with Crippen molar-refractivity contribution in [2.45, 2.75) is 51.7 Å². The maximum Gasteiger partial charge on any atom is 0.310 e. The molecule has 0 aliphatic heterocycles. The van der Waals surface area contributed by atoms with Crippen molar-refractivity contribution < 1.29 is 24.6 Å². The Kier molecular flexibility index (Phi) is 9.76. The molecule has 1 heterocycles. The maximum atomic E-state index is 14.1. The summed E-state index contributed by atoms with van der Waals surface area (Å²) in [5.74, 6) is -2.10. The number of carboxylic acids is 1. The van der Waals surface area contributed by atoms with Crippen molar-refractivity contribution in [2.24, 2.45) is 0 Å². The average Bonchev–Trinajstić information content (AvgIpc) is 3.28. The van der Waals surface area contributed by atoms with Crippen molar-refractivity contribution in [3.05, 3.63) is 101 Å². The van der Waals surface area contributed by atoms with Crippen LogP contribution in [0.25, 0.3) is 22.4 Å². The number of benzene rings is 3. The van der Waals surface area contributed by atoms with Crippen LogP contribution in [-0.4, -0.2) is 38.5 Å². The highest BCUT2D eigenvalue weighted by Crippen LogP contribution is 2.42. The van der Waals surface area contributed by atoms with Crippen LogP contribution < -0.4 is 5.32 Å². The summed E-state index contributed by atoms with van der Waals surface area (Å²) in [5, 5.41) is 23.3. The maximum absolute atomic E-state index is 14.1. The number of para-hydroxylation sites is 1. The number of carboxylic acid groups (broad SMARTS) is 1. The van der Waals surface area contributed by atoms with Crippen molar-refractivity contribution >= 4 is 34.9 Å². The van der Waals surface area contributed by atoms with E-state index in [1.807, 2.05) is 91.2 Å². The van der Waals surface area contributed by atoms with Gasteiger partial charge in [0.15, 0.2) is 0 Å². The van der Waals surface area contributed by atoms with Gasteiger partial charge in [-0.1, -0.05) is 86.1 Å². The summed E-state index contributed by atoms with van der Waals surface area (Å²) in [5.41, 5.74) is 5.21. The number of aliphatic carboxylic acids is 1. The number of hydrogen-bond acceptors (Lipinski definition) is 4. The lowest BCUT2D eigenvalue weighted by Gasteiger charge is -2.19. The number of halogens is 1. The molecule has 0 aliphatic rings. The number of carbonyl (C=O) groups excluding carboxylic acids is 2. The molecule has 3 aromatic carbocycles. The molecule has 41 heavy (non-hydrogen) atoms. The highest BCUT2D eigenvalue weighted by Gasteiger charge is 2.30. The van der Waals surface area contributed by atoms with Crippen LogP contribution in [0.2, 0.25) is 5.02 Å². The standard InChI is InChI=1S/C33H33ClN2O5/c1-21(2)31-30(33(41)35-25-11-7-4-8-12-25)29(22-9-5-3-6-10-22)32(23-13-15-24(34)16-14-23)36(31)18-17-26(37)19-27(38)20-28(39)40/h3-16,21,26,37H,17-20H2,1-2H3,(H,35,41)(H,39,40). The topological polar surface area (TPSA) is 109 Å². The van der Waals surface area contributed by atoms with Crippen LogP contribution in [0.3, 0.4) is 0 Å². The average molecular weight is 573 g/mol. The predicted molar refractivity (Wildman–Crippen MR) is 161 cm³/mol. The number of nitrogens with zero attached hydrogens (tertiary/aromatic N) is 1. The van der Waals surface area contributed by atoms with Gasteiger partial charge in [-0.05, 0) is 47.7 Å². The number of aromatic nitrogens is 1. The molecule has 0 radical (unpaired) electrons. The van der Waals surface area contributed by atoms with Gasteiger partial charge in [0.05, 0.1) is 17.4 Å². The zero-order valence-corrected chi connectivity index (χ0v) is 23.8. The smallest absolute Gasteiger partial charge is 0.310 e. The van der Waals surface area contributed by atoms with Crippen molar-refractivity contribution in [1.29, 1.82) is 0 Å². The fraction of sp³-hybridized carbons (Fsp3) is 0.242. The Morgan fingerprint density at radius 2 is 1.49 bits per heavy atom. The second kappa shape index (κ2) is 13.4. The van der Waals surface area contributed by atoms with Gasteiger partial charge in [-0.3, -0.25) is 14.4 Å². The van der Waals surface area contributed by atoms with E-state index < -0.39 is 24.3 Å². The van der Waals surface area contributed by atoms with Gasteiger partial charge in [0.2, 0.25) is 0 Å². The third-order valence-corrected chi connectivity index (χ3v) is 7.04. The van der Waals surface area contributed by atoms with Crippen molar-refractivity contribution in [2.75, 3.05) is 5.32 Å². The van der Waals surface area contributed by atoms with Gasteiger partial charge in [-0.15, -0.1) is 0 Å². The van der Waals surface area contributed by atoms with Gasteiger partial charge in [-0.25, -0.2) is 0 Å². The number of anilines is 1. The molecule has 3 N–H and O–H groups in total. The second-order valence-electron chi connectivity index (χ2n) is 10.2. The fourth-order valence-corrected chi connectivity index (χ4v) is 5.22. The first-order valence-corrected chi connectivity index (χ1v) is 13.9. The summed E-state index contributed by atoms with van der Waals surface area (Å²) in [6.45, 7) is 4.32. The van der Waals surface area contributed by atoms with E-state index in [2.05, 4.69) is 5.32 Å². The lowest BCUT2D eigenvalue weighted by Crippen LogP contribution is -2.20. The van der Waals surface area contributed by atoms with Crippen LogP contribution in [-0.2, 0) is 16.1 Å². The van der Waals surface area contributed by atoms with Crippen LogP contribution in [0.5, 0.6) is 0 Å². The Hall–Kier alpha value is -4.20. The Balaban J connectivity index is 1.90. The van der Waals surface area contributed by atoms with Crippen molar-refractivity contribution in [3.63, 3.8) is 0 Å². The van der Waals surface area contributed by atoms with Gasteiger partial charge in [0.25, 0.3) is 5.91 Å². The lowest BCUT2D eigenvalue weighted by molar-refractivity contribution is -0.140. The molecule has 8 heteroatoms. The van der Waals surface area contributed by atoms with Crippen LogP contribution in [0.4, 0.5) is 5.69 Å². The molecule has 7 nitrogen and oxygen atoms in total. The Labute approximate surface area is 244 Å². The molecule has 1 atom stereocenters. The molecule has 0 aliphatic carbocycles. The van der Waals surface area contributed by atoms with E-state index in [1.54, 1.807) is 12.1 Å². The summed E-state index contributed by atoms with van der Waals surface area (Å²) in [7, 11) is 0. The summed E-state index contributed by atoms with van der Waals surface area (Å²) in [4.78, 5) is 37.1. The number of nitrogens with one attached hydrogen (secondary N) is 1. The molecule has 0 saturated heterocycles. The minimum Gasteiger partial charge on any atom is -0.481 e. The van der Waals surface area contributed by atoms with E-state index >= 15 is 0 Å². The normalized spacial score (nSPS) is 11.8. The Morgan fingerprint density at radius 1 is 0.878 bits per heavy atom. The van der Waals surface area contributed by atoms with E-state index in [-0.39, 0.29) is 24.7 Å². The van der Waals surface area contributed by atoms with Crippen molar-refractivity contribution in [3.8, 4) is 22.4 Å². The molecule has 0 fully saturated rings. The molecule has 1 aromatic heterocycles. The first-order valence-electron chi connectivity index (χ1n) is 13.5.